The van der Waals surface area contributed by atoms with Crippen LogP contribution >= 0.6 is 11.6 Å². The molecule has 2 aliphatic heterocycles. The van der Waals surface area contributed by atoms with E-state index in [9.17, 15) is 9.59 Å². The SMILES string of the molecule is COc1ccc(NC(=O)[C@H]2C[C@H](C(C)C)N[C@]23C(=O)Nc2c(C)cc(Cl)cc23)cc1. The summed E-state index contributed by atoms with van der Waals surface area (Å²) in [5, 5.41) is 10.0. The van der Waals surface area contributed by atoms with Crippen LogP contribution in [0.2, 0.25) is 5.02 Å². The number of hydrogen-bond donors (Lipinski definition) is 3. The molecule has 158 valence electrons. The summed E-state index contributed by atoms with van der Waals surface area (Å²) >= 11 is 6.34. The molecule has 7 heteroatoms. The Balaban J connectivity index is 1.74. The number of rotatable bonds is 4. The van der Waals surface area contributed by atoms with Gasteiger partial charge < -0.3 is 15.4 Å². The average molecular weight is 428 g/mol. The molecule has 0 unspecified atom stereocenters. The van der Waals surface area contributed by atoms with Gasteiger partial charge in [0.15, 0.2) is 0 Å². The smallest absolute Gasteiger partial charge is 0.250 e. The number of benzene rings is 2. The van der Waals surface area contributed by atoms with Gasteiger partial charge in [0.05, 0.1) is 13.0 Å². The number of anilines is 2. The van der Waals surface area contributed by atoms with E-state index in [4.69, 9.17) is 16.3 Å². The van der Waals surface area contributed by atoms with Crippen molar-refractivity contribution in [3.8, 4) is 5.75 Å². The lowest BCUT2D eigenvalue weighted by Crippen LogP contribution is -2.52. The van der Waals surface area contributed by atoms with Crippen LogP contribution in [-0.2, 0) is 15.1 Å². The molecule has 3 atom stereocenters. The molecular weight excluding hydrogens is 402 g/mol. The maximum Gasteiger partial charge on any atom is 0.250 e. The van der Waals surface area contributed by atoms with Crippen molar-refractivity contribution in [1.29, 1.82) is 0 Å². The number of amides is 2. The maximum absolute atomic E-state index is 13.4. The molecule has 0 radical (unpaired) electrons. The van der Waals surface area contributed by atoms with Crippen molar-refractivity contribution < 1.29 is 14.3 Å². The highest BCUT2D eigenvalue weighted by Crippen LogP contribution is 2.50. The average Bonchev–Trinajstić information content (AvgIpc) is 3.24. The van der Waals surface area contributed by atoms with Gasteiger partial charge in [-0.2, -0.15) is 0 Å². The number of nitrogens with one attached hydrogen (secondary N) is 3. The molecule has 1 spiro atoms. The van der Waals surface area contributed by atoms with Crippen LogP contribution in [0.4, 0.5) is 11.4 Å². The maximum atomic E-state index is 13.4. The second-order valence-electron chi connectivity index (χ2n) is 8.41. The molecule has 30 heavy (non-hydrogen) atoms. The van der Waals surface area contributed by atoms with Crippen molar-refractivity contribution in [2.24, 2.45) is 11.8 Å². The number of methoxy groups -OCH3 is 1. The zero-order valence-corrected chi connectivity index (χ0v) is 18.3. The van der Waals surface area contributed by atoms with E-state index in [0.29, 0.717) is 22.9 Å². The topological polar surface area (TPSA) is 79.5 Å². The Morgan fingerprint density at radius 2 is 1.97 bits per heavy atom. The minimum Gasteiger partial charge on any atom is -0.497 e. The Labute approximate surface area is 181 Å². The van der Waals surface area contributed by atoms with E-state index in [1.165, 1.54) is 0 Å². The number of hydrogen-bond acceptors (Lipinski definition) is 4. The Morgan fingerprint density at radius 3 is 2.60 bits per heavy atom. The van der Waals surface area contributed by atoms with E-state index < -0.39 is 11.5 Å². The predicted octanol–water partition coefficient (Wildman–Crippen LogP) is 4.08. The zero-order chi connectivity index (χ0) is 21.6. The monoisotopic (exact) mass is 427 g/mol. The first-order valence-corrected chi connectivity index (χ1v) is 10.5. The van der Waals surface area contributed by atoms with Gasteiger partial charge in [-0.3, -0.25) is 14.9 Å². The molecule has 0 aromatic heterocycles. The van der Waals surface area contributed by atoms with E-state index in [0.717, 1.165) is 16.8 Å². The van der Waals surface area contributed by atoms with Gasteiger partial charge in [-0.1, -0.05) is 25.4 Å². The molecule has 3 N–H and O–H groups in total. The summed E-state index contributed by atoms with van der Waals surface area (Å²) < 4.78 is 5.18. The van der Waals surface area contributed by atoms with E-state index in [-0.39, 0.29) is 23.8 Å². The van der Waals surface area contributed by atoms with Crippen molar-refractivity contribution in [3.63, 3.8) is 0 Å². The van der Waals surface area contributed by atoms with Crippen molar-refractivity contribution >= 4 is 34.8 Å². The third-order valence-electron chi connectivity index (χ3n) is 6.23. The third-order valence-corrected chi connectivity index (χ3v) is 6.44. The Hall–Kier alpha value is -2.57. The van der Waals surface area contributed by atoms with E-state index in [1.807, 2.05) is 13.0 Å². The molecule has 0 bridgehead atoms. The molecule has 4 rings (SSSR count). The van der Waals surface area contributed by atoms with Crippen LogP contribution < -0.4 is 20.7 Å². The first-order valence-electron chi connectivity index (χ1n) is 10.1. The van der Waals surface area contributed by atoms with E-state index in [2.05, 4.69) is 29.8 Å². The number of carbonyl (C=O) groups is 2. The molecule has 2 amide bonds. The zero-order valence-electron chi connectivity index (χ0n) is 17.5. The van der Waals surface area contributed by atoms with Gasteiger partial charge >= 0.3 is 0 Å². The summed E-state index contributed by atoms with van der Waals surface area (Å²) in [6.45, 7) is 6.09. The fourth-order valence-corrected chi connectivity index (χ4v) is 4.85. The highest BCUT2D eigenvalue weighted by atomic mass is 35.5. The van der Waals surface area contributed by atoms with Crippen molar-refractivity contribution in [2.75, 3.05) is 17.7 Å². The third kappa shape index (κ3) is 3.24. The second kappa shape index (κ2) is 7.60. The van der Waals surface area contributed by atoms with Gasteiger partial charge in [0.25, 0.3) is 0 Å². The van der Waals surface area contributed by atoms with Gasteiger partial charge in [-0.05, 0) is 61.2 Å². The normalized spacial score (nSPS) is 24.8. The largest absolute Gasteiger partial charge is 0.497 e. The molecule has 0 aliphatic carbocycles. The summed E-state index contributed by atoms with van der Waals surface area (Å²) in [4.78, 5) is 26.8. The fourth-order valence-electron chi connectivity index (χ4n) is 4.57. The first-order chi connectivity index (χ1) is 14.3. The fraction of sp³-hybridized carbons (Fsp3) is 0.391. The quantitative estimate of drug-likeness (QED) is 0.687. The number of aryl methyl sites for hydroxylation is 1. The lowest BCUT2D eigenvalue weighted by Gasteiger charge is -2.30. The lowest BCUT2D eigenvalue weighted by molar-refractivity contribution is -0.130. The number of ether oxygens (including phenoxy) is 1. The van der Waals surface area contributed by atoms with Crippen LogP contribution in [-0.4, -0.2) is 25.0 Å². The van der Waals surface area contributed by atoms with Crippen LogP contribution in [0.15, 0.2) is 36.4 Å². The highest BCUT2D eigenvalue weighted by Gasteiger charge is 2.60. The van der Waals surface area contributed by atoms with Gasteiger partial charge in [0.2, 0.25) is 11.8 Å². The lowest BCUT2D eigenvalue weighted by atomic mass is 9.79. The van der Waals surface area contributed by atoms with Crippen LogP contribution in [0.3, 0.4) is 0 Å². The van der Waals surface area contributed by atoms with Crippen molar-refractivity contribution in [3.05, 3.63) is 52.5 Å². The molecule has 2 aliphatic rings. The summed E-state index contributed by atoms with van der Waals surface area (Å²) in [6, 6.07) is 10.8. The van der Waals surface area contributed by atoms with E-state index in [1.54, 1.807) is 37.4 Å². The summed E-state index contributed by atoms with van der Waals surface area (Å²) in [7, 11) is 1.59. The van der Waals surface area contributed by atoms with Crippen LogP contribution in [0, 0.1) is 18.8 Å². The highest BCUT2D eigenvalue weighted by molar-refractivity contribution is 6.31. The van der Waals surface area contributed by atoms with Gasteiger partial charge in [0, 0.05) is 28.0 Å². The summed E-state index contributed by atoms with van der Waals surface area (Å²) in [6.07, 6.45) is 0.554. The molecule has 2 heterocycles. The molecule has 1 fully saturated rings. The van der Waals surface area contributed by atoms with Gasteiger partial charge in [-0.15, -0.1) is 0 Å². The van der Waals surface area contributed by atoms with Crippen molar-refractivity contribution in [1.82, 2.24) is 5.32 Å². The van der Waals surface area contributed by atoms with Crippen LogP contribution in [0.1, 0.15) is 31.4 Å². The summed E-state index contributed by atoms with van der Waals surface area (Å²) in [5.41, 5.74) is 1.88. The minimum absolute atomic E-state index is 0.0209. The molecular formula is C23H26ClN3O3. The molecule has 0 saturated carbocycles. The Kier molecular flexibility index (Phi) is 5.24. The number of halogens is 1. The Bertz CT molecular complexity index is 1010. The van der Waals surface area contributed by atoms with Crippen LogP contribution in [0.5, 0.6) is 5.75 Å². The van der Waals surface area contributed by atoms with Crippen LogP contribution in [0.25, 0.3) is 0 Å². The molecule has 2 aromatic carbocycles. The molecule has 2 aromatic rings. The number of carbonyl (C=O) groups excluding carboxylic acids is 2. The molecule has 1 saturated heterocycles. The molecule has 6 nitrogen and oxygen atoms in total. The minimum atomic E-state index is -1.14. The van der Waals surface area contributed by atoms with Crippen molar-refractivity contribution in [2.45, 2.75) is 38.8 Å². The second-order valence-corrected chi connectivity index (χ2v) is 8.84. The number of fused-ring (bicyclic) bond motifs is 2. The van der Waals surface area contributed by atoms with Gasteiger partial charge in [-0.25, -0.2) is 0 Å². The first kappa shape index (κ1) is 20.7. The summed E-state index contributed by atoms with van der Waals surface area (Å²) in [5.74, 6) is -0.0117. The van der Waals surface area contributed by atoms with Gasteiger partial charge in [0.1, 0.15) is 11.3 Å². The standard InChI is InChI=1S/C23H26ClN3O3/c1-12(2)19-11-18(21(28)25-15-5-7-16(30-4)8-6-15)23(27-19)17-10-14(24)9-13(3)20(17)26-22(23)29/h5-10,12,18-19,27H,11H2,1-4H3,(H,25,28)(H,26,29)/t18-,19-,23+/m1/s1. The predicted molar refractivity (Wildman–Crippen MR) is 118 cm³/mol. The van der Waals surface area contributed by atoms with E-state index >= 15 is 0 Å². The Morgan fingerprint density at radius 1 is 1.27 bits per heavy atom.